The van der Waals surface area contributed by atoms with Gasteiger partial charge in [0.05, 0.1) is 11.4 Å². The van der Waals surface area contributed by atoms with Gasteiger partial charge in [0.1, 0.15) is 0 Å². The maximum atomic E-state index is 2.47. The number of benzene rings is 10. The Kier molecular flexibility index (Phi) is 8.62. The van der Waals surface area contributed by atoms with E-state index >= 15 is 0 Å². The Balaban J connectivity index is 1.04. The molecule has 0 saturated heterocycles. The second kappa shape index (κ2) is 14.8. The molecule has 0 aliphatic rings. The van der Waals surface area contributed by atoms with Crippen LogP contribution in [0.15, 0.2) is 224 Å². The number of nitrogens with zero attached hydrogens (tertiary/aromatic N) is 1. The molecule has 286 valence electrons. The van der Waals surface area contributed by atoms with Crippen LogP contribution in [0.4, 0.5) is 17.1 Å². The molecule has 0 radical (unpaired) electrons. The highest BCUT2D eigenvalue weighted by Crippen LogP contribution is 2.47. The molecule has 0 aliphatic heterocycles. The summed E-state index contributed by atoms with van der Waals surface area (Å²) in [6.45, 7) is 0. The Morgan fingerprint density at radius 3 is 1.61 bits per heavy atom. The summed E-state index contributed by atoms with van der Waals surface area (Å²) >= 11 is 3.74. The Labute approximate surface area is 362 Å². The minimum absolute atomic E-state index is 1.09. The van der Waals surface area contributed by atoms with Crippen molar-refractivity contribution in [1.29, 1.82) is 0 Å². The van der Waals surface area contributed by atoms with Gasteiger partial charge in [-0.2, -0.15) is 0 Å². The van der Waals surface area contributed by atoms with Gasteiger partial charge in [0, 0.05) is 57.2 Å². The SMILES string of the molecule is c1cc(-c2cccc(N(c3ccccc3-c3ccc4ccccc4c3)c3ccccc3-c3ccc4sc5ccccc5c4c3)c2)cc(-c2cccc3c2sc2ccccc23)c1. The minimum atomic E-state index is 1.09. The standard InChI is InChI=1S/C58H37NS2/c1-2-15-39-34-43(31-30-38(39)14-1)46-20-3-7-26-53(46)59(54-27-8-4-21-47(54)44-32-33-57-52(37-44)50-23-6-9-28-55(50)60-57)45-19-12-17-41(36-45)40-16-11-18-42(35-40)48-24-13-25-51-49-22-5-10-29-56(49)61-58(48)51/h1-37H. The minimum Gasteiger partial charge on any atom is -0.309 e. The summed E-state index contributed by atoms with van der Waals surface area (Å²) in [6.07, 6.45) is 0. The molecule has 10 aromatic carbocycles. The van der Waals surface area contributed by atoms with Crippen LogP contribution < -0.4 is 4.90 Å². The predicted octanol–water partition coefficient (Wildman–Crippen LogP) is 17.7. The van der Waals surface area contributed by atoms with E-state index in [1.165, 1.54) is 95.6 Å². The molecule has 0 amide bonds. The molecule has 0 aliphatic carbocycles. The molecule has 0 unspecified atom stereocenters. The molecule has 0 N–H and O–H groups in total. The van der Waals surface area contributed by atoms with Crippen molar-refractivity contribution in [3.8, 4) is 44.5 Å². The zero-order chi connectivity index (χ0) is 40.3. The normalized spacial score (nSPS) is 11.6. The summed E-state index contributed by atoms with van der Waals surface area (Å²) in [6, 6.07) is 82.6. The van der Waals surface area contributed by atoms with Crippen molar-refractivity contribution >= 4 is 90.9 Å². The maximum Gasteiger partial charge on any atom is 0.0540 e. The van der Waals surface area contributed by atoms with Gasteiger partial charge >= 0.3 is 0 Å². The number of anilines is 3. The first kappa shape index (κ1) is 35.6. The van der Waals surface area contributed by atoms with Gasteiger partial charge in [-0.3, -0.25) is 0 Å². The molecule has 0 atom stereocenters. The van der Waals surface area contributed by atoms with Crippen molar-refractivity contribution in [3.05, 3.63) is 224 Å². The van der Waals surface area contributed by atoms with Crippen molar-refractivity contribution in [2.45, 2.75) is 0 Å². The first-order chi connectivity index (χ1) is 30.2. The molecule has 12 aromatic rings. The average molecular weight is 812 g/mol. The molecule has 0 spiro atoms. The van der Waals surface area contributed by atoms with Gasteiger partial charge in [0.15, 0.2) is 0 Å². The summed E-state index contributed by atoms with van der Waals surface area (Å²) in [5.41, 5.74) is 12.9. The molecule has 0 saturated carbocycles. The van der Waals surface area contributed by atoms with E-state index in [1.54, 1.807) is 0 Å². The molecule has 12 rings (SSSR count). The third-order valence-electron chi connectivity index (χ3n) is 12.1. The van der Waals surface area contributed by atoms with Crippen LogP contribution in [0.3, 0.4) is 0 Å². The van der Waals surface area contributed by atoms with E-state index < -0.39 is 0 Å². The summed E-state index contributed by atoms with van der Waals surface area (Å²) in [5.74, 6) is 0. The molecule has 3 heteroatoms. The van der Waals surface area contributed by atoms with Crippen molar-refractivity contribution in [2.24, 2.45) is 0 Å². The fraction of sp³-hybridized carbons (Fsp3) is 0. The fourth-order valence-corrected chi connectivity index (χ4v) is 11.5. The van der Waals surface area contributed by atoms with E-state index in [2.05, 4.69) is 229 Å². The Morgan fingerprint density at radius 1 is 0.279 bits per heavy atom. The van der Waals surface area contributed by atoms with Gasteiger partial charge in [-0.25, -0.2) is 0 Å². The van der Waals surface area contributed by atoms with Crippen LogP contribution in [0.5, 0.6) is 0 Å². The number of fused-ring (bicyclic) bond motifs is 7. The van der Waals surface area contributed by atoms with Crippen molar-refractivity contribution in [1.82, 2.24) is 0 Å². The van der Waals surface area contributed by atoms with Crippen LogP contribution >= 0.6 is 22.7 Å². The maximum absolute atomic E-state index is 2.47. The molecular formula is C58H37NS2. The zero-order valence-corrected chi connectivity index (χ0v) is 34.8. The van der Waals surface area contributed by atoms with Crippen LogP contribution in [-0.2, 0) is 0 Å². The van der Waals surface area contributed by atoms with E-state index in [9.17, 15) is 0 Å². The smallest absolute Gasteiger partial charge is 0.0540 e. The highest BCUT2D eigenvalue weighted by Gasteiger charge is 2.22. The quantitative estimate of drug-likeness (QED) is 0.155. The van der Waals surface area contributed by atoms with Crippen LogP contribution in [0.2, 0.25) is 0 Å². The number of para-hydroxylation sites is 2. The molecule has 1 nitrogen and oxygen atoms in total. The van der Waals surface area contributed by atoms with Gasteiger partial charge in [-0.15, -0.1) is 22.7 Å². The lowest BCUT2D eigenvalue weighted by molar-refractivity contribution is 1.28. The van der Waals surface area contributed by atoms with Gasteiger partial charge in [-0.05, 0) is 105 Å². The largest absolute Gasteiger partial charge is 0.309 e. The van der Waals surface area contributed by atoms with E-state index in [-0.39, 0.29) is 0 Å². The zero-order valence-electron chi connectivity index (χ0n) is 33.1. The predicted molar refractivity (Wildman–Crippen MR) is 266 cm³/mol. The summed E-state index contributed by atoms with van der Waals surface area (Å²) < 4.78 is 5.27. The third-order valence-corrected chi connectivity index (χ3v) is 14.4. The Morgan fingerprint density at radius 2 is 0.803 bits per heavy atom. The molecule has 0 bridgehead atoms. The molecular weight excluding hydrogens is 775 g/mol. The summed E-state index contributed by atoms with van der Waals surface area (Å²) in [7, 11) is 0. The highest BCUT2D eigenvalue weighted by atomic mass is 32.1. The average Bonchev–Trinajstić information content (AvgIpc) is 3.90. The number of hydrogen-bond donors (Lipinski definition) is 0. The second-order valence-corrected chi connectivity index (χ2v) is 17.8. The van der Waals surface area contributed by atoms with Crippen molar-refractivity contribution in [3.63, 3.8) is 0 Å². The number of hydrogen-bond acceptors (Lipinski definition) is 3. The van der Waals surface area contributed by atoms with E-state index in [0.717, 1.165) is 17.1 Å². The van der Waals surface area contributed by atoms with E-state index in [0.29, 0.717) is 0 Å². The second-order valence-electron chi connectivity index (χ2n) is 15.7. The van der Waals surface area contributed by atoms with Crippen LogP contribution in [-0.4, -0.2) is 0 Å². The highest BCUT2D eigenvalue weighted by molar-refractivity contribution is 7.26. The first-order valence-electron chi connectivity index (χ1n) is 20.7. The summed E-state index contributed by atoms with van der Waals surface area (Å²) in [5, 5.41) is 7.70. The third kappa shape index (κ3) is 6.21. The van der Waals surface area contributed by atoms with Crippen LogP contribution in [0.1, 0.15) is 0 Å². The Bertz CT molecular complexity index is 3630. The monoisotopic (exact) mass is 811 g/mol. The molecule has 0 fully saturated rings. The summed E-state index contributed by atoms with van der Waals surface area (Å²) in [4.78, 5) is 2.47. The van der Waals surface area contributed by atoms with Gasteiger partial charge < -0.3 is 4.90 Å². The lowest BCUT2D eigenvalue weighted by Crippen LogP contribution is -2.12. The first-order valence-corrected chi connectivity index (χ1v) is 22.4. The number of rotatable bonds is 7. The molecule has 2 heterocycles. The van der Waals surface area contributed by atoms with Crippen molar-refractivity contribution in [2.75, 3.05) is 4.90 Å². The molecule has 2 aromatic heterocycles. The number of thiophene rings is 2. The van der Waals surface area contributed by atoms with Crippen LogP contribution in [0.25, 0.3) is 95.6 Å². The fourth-order valence-electron chi connectivity index (χ4n) is 9.15. The van der Waals surface area contributed by atoms with E-state index in [4.69, 9.17) is 0 Å². The topological polar surface area (TPSA) is 3.24 Å². The molecule has 61 heavy (non-hydrogen) atoms. The van der Waals surface area contributed by atoms with Gasteiger partial charge in [0.25, 0.3) is 0 Å². The lowest BCUT2D eigenvalue weighted by atomic mass is 9.95. The van der Waals surface area contributed by atoms with Gasteiger partial charge in [-0.1, -0.05) is 164 Å². The van der Waals surface area contributed by atoms with Gasteiger partial charge in [0.2, 0.25) is 0 Å². The van der Waals surface area contributed by atoms with E-state index in [1.807, 2.05) is 22.7 Å². The Hall–Kier alpha value is -7.30. The van der Waals surface area contributed by atoms with Crippen LogP contribution in [0, 0.1) is 0 Å². The lowest BCUT2D eigenvalue weighted by Gasteiger charge is -2.30. The van der Waals surface area contributed by atoms with Crippen molar-refractivity contribution < 1.29 is 0 Å².